The van der Waals surface area contributed by atoms with Crippen LogP contribution in [0.3, 0.4) is 0 Å². The minimum absolute atomic E-state index is 0.245. The summed E-state index contributed by atoms with van der Waals surface area (Å²) in [5.41, 5.74) is 5.55. The highest BCUT2D eigenvalue weighted by atomic mass is 32.1. The van der Waals surface area contributed by atoms with Gasteiger partial charge in [-0.2, -0.15) is 5.10 Å². The summed E-state index contributed by atoms with van der Waals surface area (Å²) in [7, 11) is 0. The predicted octanol–water partition coefficient (Wildman–Crippen LogP) is 3.50. The molecule has 3 N–H and O–H groups in total. The molecule has 0 atom stereocenters. The van der Waals surface area contributed by atoms with Gasteiger partial charge in [-0.1, -0.05) is 18.2 Å². The maximum Gasteiger partial charge on any atom is 0.335 e. The quantitative estimate of drug-likeness (QED) is 0.367. The third-order valence-corrected chi connectivity index (χ3v) is 3.76. The van der Waals surface area contributed by atoms with Crippen LogP contribution in [0.25, 0.3) is 5.69 Å². The van der Waals surface area contributed by atoms with Crippen LogP contribution in [0.4, 0.5) is 5.69 Å². The Labute approximate surface area is 155 Å². The van der Waals surface area contributed by atoms with Crippen LogP contribution >= 0.6 is 12.2 Å². The Morgan fingerprint density at radius 2 is 1.77 bits per heavy atom. The lowest BCUT2D eigenvalue weighted by atomic mass is 10.2. The van der Waals surface area contributed by atoms with Gasteiger partial charge in [-0.3, -0.25) is 5.43 Å². The smallest absolute Gasteiger partial charge is 0.335 e. The van der Waals surface area contributed by atoms with Crippen LogP contribution in [0.15, 0.2) is 78.0 Å². The van der Waals surface area contributed by atoms with Crippen molar-refractivity contribution in [3.05, 3.63) is 84.2 Å². The van der Waals surface area contributed by atoms with Crippen molar-refractivity contribution in [3.63, 3.8) is 0 Å². The first kappa shape index (κ1) is 17.4. The maximum atomic E-state index is 10.9. The number of nitrogens with one attached hydrogen (secondary N) is 2. The van der Waals surface area contributed by atoms with E-state index in [2.05, 4.69) is 15.8 Å². The second-order valence-corrected chi connectivity index (χ2v) is 5.75. The van der Waals surface area contributed by atoms with Crippen molar-refractivity contribution < 1.29 is 9.90 Å². The van der Waals surface area contributed by atoms with E-state index in [1.165, 1.54) is 0 Å². The molecule has 1 aromatic heterocycles. The SMILES string of the molecule is O=C(O)c1ccc(-n2cccc2C=NNC(=S)Nc2ccccc2)cc1. The highest BCUT2D eigenvalue weighted by Gasteiger charge is 2.05. The van der Waals surface area contributed by atoms with E-state index < -0.39 is 5.97 Å². The van der Waals surface area contributed by atoms with E-state index in [-0.39, 0.29) is 5.56 Å². The molecule has 0 saturated heterocycles. The van der Waals surface area contributed by atoms with Crippen LogP contribution in [0.2, 0.25) is 0 Å². The Morgan fingerprint density at radius 1 is 1.04 bits per heavy atom. The van der Waals surface area contributed by atoms with E-state index in [1.54, 1.807) is 30.5 Å². The number of nitrogens with zero attached hydrogens (tertiary/aromatic N) is 2. The van der Waals surface area contributed by atoms with E-state index in [4.69, 9.17) is 17.3 Å². The van der Waals surface area contributed by atoms with Crippen molar-refractivity contribution in [1.82, 2.24) is 9.99 Å². The number of para-hydroxylation sites is 1. The number of carboxylic acid groups (broad SMARTS) is 1. The van der Waals surface area contributed by atoms with Crippen molar-refractivity contribution in [2.24, 2.45) is 5.10 Å². The van der Waals surface area contributed by atoms with Crippen molar-refractivity contribution in [1.29, 1.82) is 0 Å². The summed E-state index contributed by atoms with van der Waals surface area (Å²) in [6.07, 6.45) is 3.52. The van der Waals surface area contributed by atoms with Crippen LogP contribution in [-0.2, 0) is 0 Å². The van der Waals surface area contributed by atoms with Gasteiger partial charge in [0.15, 0.2) is 5.11 Å². The van der Waals surface area contributed by atoms with Crippen LogP contribution in [0.1, 0.15) is 16.1 Å². The molecule has 0 saturated carbocycles. The number of aromatic nitrogens is 1. The molecule has 26 heavy (non-hydrogen) atoms. The summed E-state index contributed by atoms with van der Waals surface area (Å²) < 4.78 is 1.89. The van der Waals surface area contributed by atoms with Crippen LogP contribution < -0.4 is 10.7 Å². The molecule has 7 heteroatoms. The van der Waals surface area contributed by atoms with Gasteiger partial charge in [0.1, 0.15) is 0 Å². The van der Waals surface area contributed by atoms with Gasteiger partial charge in [-0.05, 0) is 60.7 Å². The number of hydrogen-bond donors (Lipinski definition) is 3. The third kappa shape index (κ3) is 4.34. The minimum Gasteiger partial charge on any atom is -0.478 e. The Kier molecular flexibility index (Phi) is 5.40. The molecule has 2 aromatic carbocycles. The first-order chi connectivity index (χ1) is 12.6. The Morgan fingerprint density at radius 3 is 2.46 bits per heavy atom. The largest absolute Gasteiger partial charge is 0.478 e. The van der Waals surface area contributed by atoms with E-state index in [1.807, 2.05) is 53.2 Å². The molecule has 6 nitrogen and oxygen atoms in total. The summed E-state index contributed by atoms with van der Waals surface area (Å²) in [4.78, 5) is 10.9. The van der Waals surface area contributed by atoms with Crippen LogP contribution in [-0.4, -0.2) is 27.0 Å². The van der Waals surface area contributed by atoms with Crippen LogP contribution in [0, 0.1) is 0 Å². The average molecular weight is 364 g/mol. The van der Waals surface area contributed by atoms with Crippen molar-refractivity contribution in [3.8, 4) is 5.69 Å². The van der Waals surface area contributed by atoms with Gasteiger partial charge in [-0.15, -0.1) is 0 Å². The molecule has 0 aliphatic rings. The number of hydrazone groups is 1. The summed E-state index contributed by atoms with van der Waals surface area (Å²) in [6.45, 7) is 0. The van der Waals surface area contributed by atoms with E-state index in [9.17, 15) is 4.79 Å². The number of thiocarbonyl (C=S) groups is 1. The highest BCUT2D eigenvalue weighted by molar-refractivity contribution is 7.80. The molecule has 0 aliphatic heterocycles. The zero-order valence-corrected chi connectivity index (χ0v) is 14.5. The second-order valence-electron chi connectivity index (χ2n) is 5.35. The molecule has 0 aliphatic carbocycles. The van der Waals surface area contributed by atoms with Gasteiger partial charge >= 0.3 is 5.97 Å². The molecule has 3 rings (SSSR count). The summed E-state index contributed by atoms with van der Waals surface area (Å²) in [6, 6.07) is 20.0. The van der Waals surface area contributed by atoms with E-state index in [0.29, 0.717) is 5.11 Å². The number of aromatic carboxylic acids is 1. The Bertz CT molecular complexity index is 934. The Hall–Kier alpha value is -3.45. The molecule has 1 heterocycles. The molecule has 0 fully saturated rings. The molecular formula is C19H16N4O2S. The molecular weight excluding hydrogens is 348 g/mol. The fraction of sp³-hybridized carbons (Fsp3) is 0. The van der Waals surface area contributed by atoms with Crippen molar-refractivity contribution >= 4 is 35.2 Å². The average Bonchev–Trinajstić information content (AvgIpc) is 3.11. The number of carboxylic acids is 1. The molecule has 0 spiro atoms. The summed E-state index contributed by atoms with van der Waals surface area (Å²) in [5, 5.41) is 16.5. The van der Waals surface area contributed by atoms with Gasteiger partial charge in [0.25, 0.3) is 0 Å². The van der Waals surface area contributed by atoms with Gasteiger partial charge < -0.3 is 15.0 Å². The minimum atomic E-state index is -0.950. The standard InChI is InChI=1S/C19H16N4O2S/c24-18(25)14-8-10-16(11-9-14)23-12-4-7-17(23)13-20-22-19(26)21-15-5-2-1-3-6-15/h1-13H,(H,24,25)(H2,21,22,26). The number of anilines is 1. The number of hydrogen-bond acceptors (Lipinski definition) is 3. The fourth-order valence-electron chi connectivity index (χ4n) is 2.34. The Balaban J connectivity index is 1.66. The lowest BCUT2D eigenvalue weighted by molar-refractivity contribution is 0.0697. The highest BCUT2D eigenvalue weighted by Crippen LogP contribution is 2.13. The number of carbonyl (C=O) groups is 1. The topological polar surface area (TPSA) is 78.6 Å². The number of rotatable bonds is 5. The van der Waals surface area contributed by atoms with Crippen LogP contribution in [0.5, 0.6) is 0 Å². The zero-order chi connectivity index (χ0) is 18.4. The normalized spacial score (nSPS) is 10.6. The van der Waals surface area contributed by atoms with Crippen molar-refractivity contribution in [2.45, 2.75) is 0 Å². The summed E-state index contributed by atoms with van der Waals surface area (Å²) >= 11 is 5.20. The van der Waals surface area contributed by atoms with Crippen molar-refractivity contribution in [2.75, 3.05) is 5.32 Å². The molecule has 3 aromatic rings. The van der Waals surface area contributed by atoms with Gasteiger partial charge in [0.2, 0.25) is 0 Å². The first-order valence-electron chi connectivity index (χ1n) is 7.80. The van der Waals surface area contributed by atoms with Gasteiger partial charge in [-0.25, -0.2) is 4.79 Å². The fourth-order valence-corrected chi connectivity index (χ4v) is 2.51. The number of benzene rings is 2. The predicted molar refractivity (Wildman–Crippen MR) is 106 cm³/mol. The first-order valence-corrected chi connectivity index (χ1v) is 8.20. The van der Waals surface area contributed by atoms with E-state index >= 15 is 0 Å². The third-order valence-electron chi connectivity index (χ3n) is 3.57. The molecule has 0 amide bonds. The lowest BCUT2D eigenvalue weighted by Gasteiger charge is -2.08. The molecule has 0 bridgehead atoms. The monoisotopic (exact) mass is 364 g/mol. The van der Waals surface area contributed by atoms with Gasteiger partial charge in [0, 0.05) is 17.6 Å². The molecule has 0 unspecified atom stereocenters. The molecule has 0 radical (unpaired) electrons. The zero-order valence-electron chi connectivity index (χ0n) is 13.7. The lowest BCUT2D eigenvalue weighted by Crippen LogP contribution is -2.23. The van der Waals surface area contributed by atoms with Gasteiger partial charge in [0.05, 0.1) is 17.5 Å². The molecule has 130 valence electrons. The van der Waals surface area contributed by atoms with E-state index in [0.717, 1.165) is 17.1 Å². The maximum absolute atomic E-state index is 10.9. The summed E-state index contributed by atoms with van der Waals surface area (Å²) in [5.74, 6) is -0.950. The second kappa shape index (κ2) is 8.09.